The number of hydrogen-bond acceptors (Lipinski definition) is 5. The van der Waals surface area contributed by atoms with E-state index in [1.54, 1.807) is 6.07 Å². The molecule has 11 heteroatoms. The number of benzene rings is 2. The van der Waals surface area contributed by atoms with Crippen molar-refractivity contribution in [2.75, 3.05) is 6.54 Å². The zero-order chi connectivity index (χ0) is 22.1. The van der Waals surface area contributed by atoms with Crippen molar-refractivity contribution in [3.63, 3.8) is 0 Å². The summed E-state index contributed by atoms with van der Waals surface area (Å²) in [6.45, 7) is 1.50. The number of aryl methyl sites for hydroxylation is 1. The highest BCUT2D eigenvalue weighted by Crippen LogP contribution is 2.31. The first-order valence-electron chi connectivity index (χ1n) is 8.81. The molecule has 160 valence electrons. The van der Waals surface area contributed by atoms with Crippen LogP contribution in [0.3, 0.4) is 0 Å². The Bertz CT molecular complexity index is 1070. The summed E-state index contributed by atoms with van der Waals surface area (Å²) in [6, 6.07) is 13.3. The van der Waals surface area contributed by atoms with Gasteiger partial charge in [0.1, 0.15) is 17.6 Å². The van der Waals surface area contributed by atoms with Crippen LogP contribution in [-0.2, 0) is 21.4 Å². The molecule has 2 aromatic rings. The van der Waals surface area contributed by atoms with E-state index in [2.05, 4.69) is 10.6 Å². The summed E-state index contributed by atoms with van der Waals surface area (Å²) in [6.07, 6.45) is -1.13. The molecule has 0 saturated carbocycles. The van der Waals surface area contributed by atoms with E-state index >= 15 is 0 Å². The van der Waals surface area contributed by atoms with Crippen LogP contribution in [0.1, 0.15) is 21.5 Å². The third kappa shape index (κ3) is 4.90. The van der Waals surface area contributed by atoms with E-state index in [0.29, 0.717) is 4.31 Å². The predicted molar refractivity (Wildman–Crippen MR) is 115 cm³/mol. The smallest absolute Gasteiger partial charge is 0.269 e. The van der Waals surface area contributed by atoms with Gasteiger partial charge in [-0.3, -0.25) is 14.9 Å². The second kappa shape index (κ2) is 8.72. The lowest BCUT2D eigenvalue weighted by Crippen LogP contribution is -2.55. The number of nitrogens with one attached hydrogen (secondary N) is 2. The van der Waals surface area contributed by atoms with Gasteiger partial charge in [0.05, 0.1) is 5.56 Å². The number of rotatable bonds is 6. The first kappa shape index (κ1) is 22.8. The fourth-order valence-corrected chi connectivity index (χ4v) is 4.82. The molecule has 0 aromatic heterocycles. The van der Waals surface area contributed by atoms with E-state index in [-0.39, 0.29) is 17.0 Å². The number of fused-ring (bicyclic) bond motifs is 1. The van der Waals surface area contributed by atoms with Gasteiger partial charge in [0, 0.05) is 6.54 Å². The van der Waals surface area contributed by atoms with Gasteiger partial charge in [-0.25, -0.2) is 12.7 Å². The van der Waals surface area contributed by atoms with Crippen LogP contribution in [0.2, 0.25) is 0 Å². The van der Waals surface area contributed by atoms with Crippen molar-refractivity contribution < 1.29 is 18.0 Å². The van der Waals surface area contributed by atoms with Crippen molar-refractivity contribution in [3.05, 3.63) is 65.2 Å². The Balaban J connectivity index is 1.69. The van der Waals surface area contributed by atoms with E-state index in [1.165, 1.54) is 18.2 Å². The van der Waals surface area contributed by atoms with E-state index in [4.69, 9.17) is 34.8 Å². The number of alkyl halides is 3. The Labute approximate surface area is 189 Å². The number of hydrogen-bond donors (Lipinski definition) is 2. The largest absolute Gasteiger partial charge is 0.335 e. The summed E-state index contributed by atoms with van der Waals surface area (Å²) in [5.41, 5.74) is 1.99. The number of carbonyl (C=O) groups excluding carboxylic acids is 2. The van der Waals surface area contributed by atoms with Gasteiger partial charge in [0.2, 0.25) is 9.70 Å². The highest BCUT2D eigenvalue weighted by atomic mass is 35.6. The minimum atomic E-state index is -4.12. The van der Waals surface area contributed by atoms with E-state index in [9.17, 15) is 18.0 Å². The lowest BCUT2D eigenvalue weighted by molar-refractivity contribution is -0.121. The molecule has 0 radical (unpaired) electrons. The van der Waals surface area contributed by atoms with E-state index < -0.39 is 38.3 Å². The maximum Gasteiger partial charge on any atom is 0.269 e. The molecule has 30 heavy (non-hydrogen) atoms. The standard InChI is InChI=1S/C19H18Cl3N3O4S/c1-12-6-8-13(9-7-12)10-23-18(19(20,21)22)24-16(26)11-25-17(27)14-4-2-3-5-15(14)30(25,28)29/h2-9,18,23H,10-11H2,1H3,(H,24,26)/t18-/m0/s1. The SMILES string of the molecule is Cc1ccc(CN[C@@H](NC(=O)CN2C(=O)c3ccccc3S2(=O)=O)C(Cl)(Cl)Cl)cc1. The molecule has 2 N–H and O–H groups in total. The van der Waals surface area contributed by atoms with Gasteiger partial charge >= 0.3 is 0 Å². The third-order valence-corrected chi connectivity index (χ3v) is 6.90. The molecule has 0 saturated heterocycles. The second-order valence-corrected chi connectivity index (χ2v) is 10.9. The number of sulfonamides is 1. The minimum absolute atomic E-state index is 0.0146. The molecular weight excluding hydrogens is 473 g/mol. The lowest BCUT2D eigenvalue weighted by atomic mass is 10.1. The average Bonchev–Trinajstić information content (AvgIpc) is 2.86. The lowest BCUT2D eigenvalue weighted by Gasteiger charge is -2.27. The van der Waals surface area contributed by atoms with Crippen LogP contribution in [0.5, 0.6) is 0 Å². The highest BCUT2D eigenvalue weighted by Gasteiger charge is 2.42. The zero-order valence-electron chi connectivity index (χ0n) is 15.7. The molecule has 2 aromatic carbocycles. The molecule has 0 spiro atoms. The molecule has 1 aliphatic rings. The Morgan fingerprint density at radius 2 is 1.73 bits per heavy atom. The molecular formula is C19H18Cl3N3O4S. The first-order valence-corrected chi connectivity index (χ1v) is 11.4. The summed E-state index contributed by atoms with van der Waals surface area (Å²) >= 11 is 17.9. The van der Waals surface area contributed by atoms with Crippen LogP contribution in [0.25, 0.3) is 0 Å². The highest BCUT2D eigenvalue weighted by molar-refractivity contribution is 7.90. The van der Waals surface area contributed by atoms with Crippen molar-refractivity contribution >= 4 is 56.6 Å². The maximum atomic E-state index is 12.6. The normalized spacial score (nSPS) is 16.3. The van der Waals surface area contributed by atoms with E-state index in [1.807, 2.05) is 31.2 Å². The summed E-state index contributed by atoms with van der Waals surface area (Å²) in [4.78, 5) is 24.8. The first-order chi connectivity index (χ1) is 14.0. The van der Waals surface area contributed by atoms with Gasteiger partial charge in [-0.1, -0.05) is 76.8 Å². The summed E-state index contributed by atoms with van der Waals surface area (Å²) < 4.78 is 23.7. The average molecular weight is 491 g/mol. The fourth-order valence-electron chi connectivity index (χ4n) is 2.90. The van der Waals surface area contributed by atoms with Crippen LogP contribution in [-0.4, -0.2) is 41.0 Å². The topological polar surface area (TPSA) is 95.6 Å². The van der Waals surface area contributed by atoms with Crippen LogP contribution >= 0.6 is 34.8 Å². The molecule has 2 amide bonds. The number of nitrogens with zero attached hydrogens (tertiary/aromatic N) is 1. The van der Waals surface area contributed by atoms with E-state index in [0.717, 1.165) is 11.1 Å². The fraction of sp³-hybridized carbons (Fsp3) is 0.263. The summed E-state index contributed by atoms with van der Waals surface area (Å²) in [5.74, 6) is -1.58. The maximum absolute atomic E-state index is 12.6. The van der Waals surface area contributed by atoms with Crippen LogP contribution in [0, 0.1) is 6.92 Å². The van der Waals surface area contributed by atoms with Gasteiger partial charge in [0.15, 0.2) is 0 Å². The molecule has 0 fully saturated rings. The number of carbonyl (C=O) groups is 2. The molecule has 0 bridgehead atoms. The van der Waals surface area contributed by atoms with Crippen LogP contribution in [0.15, 0.2) is 53.4 Å². The van der Waals surface area contributed by atoms with Crippen molar-refractivity contribution in [1.82, 2.24) is 14.9 Å². The predicted octanol–water partition coefficient (Wildman–Crippen LogP) is 2.74. The van der Waals surface area contributed by atoms with Crippen molar-refractivity contribution in [1.29, 1.82) is 0 Å². The summed E-state index contributed by atoms with van der Waals surface area (Å²) in [5, 5.41) is 5.37. The number of halogens is 3. The minimum Gasteiger partial charge on any atom is -0.335 e. The molecule has 0 unspecified atom stereocenters. The van der Waals surface area contributed by atoms with Gasteiger partial charge in [-0.2, -0.15) is 0 Å². The molecule has 7 nitrogen and oxygen atoms in total. The van der Waals surface area contributed by atoms with Crippen molar-refractivity contribution in [2.45, 2.75) is 28.3 Å². The van der Waals surface area contributed by atoms with Crippen molar-refractivity contribution in [2.24, 2.45) is 0 Å². The zero-order valence-corrected chi connectivity index (χ0v) is 18.8. The van der Waals surface area contributed by atoms with Crippen molar-refractivity contribution in [3.8, 4) is 0 Å². The summed E-state index contributed by atoms with van der Waals surface area (Å²) in [7, 11) is -4.12. The Kier molecular flexibility index (Phi) is 6.64. The van der Waals surface area contributed by atoms with Crippen LogP contribution < -0.4 is 10.6 Å². The number of amides is 2. The molecule has 0 aliphatic carbocycles. The monoisotopic (exact) mass is 489 g/mol. The Morgan fingerprint density at radius 1 is 1.10 bits per heavy atom. The molecule has 1 heterocycles. The molecule has 3 rings (SSSR count). The quantitative estimate of drug-likeness (QED) is 0.479. The Hall–Kier alpha value is -1.84. The second-order valence-electron chi connectivity index (χ2n) is 6.72. The van der Waals surface area contributed by atoms with Crippen LogP contribution in [0.4, 0.5) is 0 Å². The van der Waals surface area contributed by atoms with Gasteiger partial charge in [-0.05, 0) is 24.6 Å². The molecule has 1 atom stereocenters. The van der Waals surface area contributed by atoms with Gasteiger partial charge in [0.25, 0.3) is 15.9 Å². The van der Waals surface area contributed by atoms with Gasteiger partial charge < -0.3 is 5.32 Å². The Morgan fingerprint density at radius 3 is 2.33 bits per heavy atom. The third-order valence-electron chi connectivity index (χ3n) is 4.46. The van der Waals surface area contributed by atoms with Gasteiger partial charge in [-0.15, -0.1) is 0 Å². The molecule has 1 aliphatic heterocycles.